The molecule has 0 radical (unpaired) electrons. The average Bonchev–Trinajstić information content (AvgIpc) is 2.42. The van der Waals surface area contributed by atoms with Gasteiger partial charge >= 0.3 is 0 Å². The molecule has 22 heavy (non-hydrogen) atoms. The maximum atomic E-state index is 6.93. The van der Waals surface area contributed by atoms with Gasteiger partial charge in [0.25, 0.3) is 0 Å². The van der Waals surface area contributed by atoms with E-state index in [0.29, 0.717) is 0 Å². The van der Waals surface area contributed by atoms with E-state index in [9.17, 15) is 0 Å². The fourth-order valence-corrected chi connectivity index (χ4v) is 6.04. The van der Waals surface area contributed by atoms with E-state index in [4.69, 9.17) is 9.16 Å². The van der Waals surface area contributed by atoms with E-state index in [1.54, 1.807) is 11.8 Å². The van der Waals surface area contributed by atoms with Gasteiger partial charge in [0.2, 0.25) is 0 Å². The Bertz CT molecular complexity index is 522. The Labute approximate surface area is 141 Å². The van der Waals surface area contributed by atoms with Gasteiger partial charge in [-0.3, -0.25) is 0 Å². The van der Waals surface area contributed by atoms with Crippen LogP contribution in [0, 0.1) is 0 Å². The van der Waals surface area contributed by atoms with Crippen molar-refractivity contribution in [1.82, 2.24) is 0 Å². The molecule has 0 saturated carbocycles. The van der Waals surface area contributed by atoms with Crippen LogP contribution < -0.4 is 0 Å². The Morgan fingerprint density at radius 1 is 1.14 bits per heavy atom. The maximum absolute atomic E-state index is 6.93. The van der Waals surface area contributed by atoms with Gasteiger partial charge in [0.1, 0.15) is 11.7 Å². The molecular formula is C18H30O2SSi. The van der Waals surface area contributed by atoms with Gasteiger partial charge in [-0.1, -0.05) is 51.1 Å². The predicted octanol–water partition coefficient (Wildman–Crippen LogP) is 5.62. The number of hydrogen-bond donors (Lipinski definition) is 0. The highest BCUT2D eigenvalue weighted by molar-refractivity contribution is 8.00. The largest absolute Gasteiger partial charge is 0.398 e. The van der Waals surface area contributed by atoms with Crippen LogP contribution in [0.4, 0.5) is 0 Å². The van der Waals surface area contributed by atoms with E-state index in [1.165, 1.54) is 5.56 Å². The number of benzene rings is 1. The zero-order valence-corrected chi connectivity index (χ0v) is 17.0. The molecule has 0 spiro atoms. The summed E-state index contributed by atoms with van der Waals surface area (Å²) in [7, 11) is -1.90. The molecule has 1 aliphatic heterocycles. The van der Waals surface area contributed by atoms with E-state index >= 15 is 0 Å². The van der Waals surface area contributed by atoms with Crippen LogP contribution >= 0.6 is 11.8 Å². The quantitative estimate of drug-likeness (QED) is 0.524. The third kappa shape index (κ3) is 2.79. The van der Waals surface area contributed by atoms with E-state index in [-0.39, 0.29) is 21.7 Å². The molecule has 1 heterocycles. The van der Waals surface area contributed by atoms with Gasteiger partial charge in [-0.25, -0.2) is 0 Å². The Balaban J connectivity index is 2.40. The van der Waals surface area contributed by atoms with Gasteiger partial charge in [-0.15, -0.1) is 11.8 Å². The summed E-state index contributed by atoms with van der Waals surface area (Å²) in [6, 6.07) is 10.5. The second-order valence-electron chi connectivity index (χ2n) is 8.15. The monoisotopic (exact) mass is 338 g/mol. The van der Waals surface area contributed by atoms with E-state index < -0.39 is 8.32 Å². The zero-order valence-electron chi connectivity index (χ0n) is 15.2. The number of hydrogen-bond acceptors (Lipinski definition) is 3. The van der Waals surface area contributed by atoms with Crippen LogP contribution in [0.15, 0.2) is 30.3 Å². The second-order valence-corrected chi connectivity index (χ2v) is 13.9. The topological polar surface area (TPSA) is 18.5 Å². The lowest BCUT2D eigenvalue weighted by molar-refractivity contribution is -0.290. The molecule has 124 valence electrons. The molecule has 0 N–H and O–H groups in total. The first-order valence-corrected chi connectivity index (χ1v) is 12.1. The van der Waals surface area contributed by atoms with Crippen molar-refractivity contribution in [2.75, 3.05) is 6.26 Å². The standard InChI is InChI=1S/C18H30O2SSi/c1-16(2,3)22(7,8)20-18(21-6)15(19-17(18,4)5)14-12-10-9-11-13-14/h9-13,15H,1-8H3/t15-,18-/m1/s1. The van der Waals surface area contributed by atoms with Crippen molar-refractivity contribution in [1.29, 1.82) is 0 Å². The van der Waals surface area contributed by atoms with Crippen molar-refractivity contribution < 1.29 is 9.16 Å². The van der Waals surface area contributed by atoms with Gasteiger partial charge in [0.15, 0.2) is 13.3 Å². The molecule has 1 aliphatic rings. The van der Waals surface area contributed by atoms with Crippen LogP contribution in [-0.4, -0.2) is 25.1 Å². The first kappa shape index (κ1) is 18.1. The first-order chi connectivity index (χ1) is 9.97. The molecule has 0 bridgehead atoms. The fraction of sp³-hybridized carbons (Fsp3) is 0.667. The summed E-state index contributed by atoms with van der Waals surface area (Å²) in [4.78, 5) is -0.322. The normalized spacial score (nSPS) is 28.3. The van der Waals surface area contributed by atoms with Crippen molar-refractivity contribution in [2.45, 2.75) is 69.4 Å². The van der Waals surface area contributed by atoms with Crippen LogP contribution in [0.2, 0.25) is 18.1 Å². The first-order valence-electron chi connectivity index (χ1n) is 7.95. The lowest BCUT2D eigenvalue weighted by atomic mass is 9.84. The molecule has 0 aliphatic carbocycles. The second kappa shape index (κ2) is 5.66. The Morgan fingerprint density at radius 2 is 1.68 bits per heavy atom. The third-order valence-corrected chi connectivity index (χ3v) is 11.2. The summed E-state index contributed by atoms with van der Waals surface area (Å²) in [5, 5.41) is 0.183. The minimum absolute atomic E-state index is 0.00664. The number of ether oxygens (including phenoxy) is 1. The Kier molecular flexibility index (Phi) is 4.64. The summed E-state index contributed by atoms with van der Waals surface area (Å²) in [6.07, 6.45) is 2.14. The van der Waals surface area contributed by atoms with Crippen molar-refractivity contribution in [2.24, 2.45) is 0 Å². The summed E-state index contributed by atoms with van der Waals surface area (Å²) in [5.74, 6) is 0. The molecule has 1 aromatic carbocycles. The van der Waals surface area contributed by atoms with Crippen molar-refractivity contribution in [3.8, 4) is 0 Å². The van der Waals surface area contributed by atoms with Crippen LogP contribution in [0.1, 0.15) is 46.3 Å². The molecule has 1 saturated heterocycles. The molecule has 1 aromatic rings. The Hall–Kier alpha value is -0.293. The Morgan fingerprint density at radius 3 is 2.09 bits per heavy atom. The number of thioether (sulfide) groups is 1. The van der Waals surface area contributed by atoms with Gasteiger partial charge in [0.05, 0.1) is 0 Å². The van der Waals surface area contributed by atoms with Crippen LogP contribution in [0.25, 0.3) is 0 Å². The maximum Gasteiger partial charge on any atom is 0.194 e. The lowest BCUT2D eigenvalue weighted by Gasteiger charge is -2.63. The highest BCUT2D eigenvalue weighted by Crippen LogP contribution is 2.61. The molecule has 1 fully saturated rings. The van der Waals surface area contributed by atoms with Gasteiger partial charge < -0.3 is 9.16 Å². The van der Waals surface area contributed by atoms with Crippen molar-refractivity contribution >= 4 is 20.1 Å². The summed E-state index contributed by atoms with van der Waals surface area (Å²) < 4.78 is 13.2. The highest BCUT2D eigenvalue weighted by atomic mass is 32.2. The molecule has 4 heteroatoms. The van der Waals surface area contributed by atoms with E-state index in [2.05, 4.69) is 78.2 Å². The van der Waals surface area contributed by atoms with Gasteiger partial charge in [-0.2, -0.15) is 0 Å². The molecule has 2 atom stereocenters. The SMILES string of the molecule is CS[C@]1(O[Si](C)(C)C(C)(C)C)[C@@H](c2ccccc2)OC1(C)C. The lowest BCUT2D eigenvalue weighted by Crippen LogP contribution is -2.69. The van der Waals surface area contributed by atoms with Gasteiger partial charge in [-0.05, 0) is 43.8 Å². The third-order valence-electron chi connectivity index (χ3n) is 5.22. The summed E-state index contributed by atoms with van der Waals surface area (Å²) in [6.45, 7) is 15.8. The summed E-state index contributed by atoms with van der Waals surface area (Å²) >= 11 is 1.80. The van der Waals surface area contributed by atoms with Crippen LogP contribution in [0.3, 0.4) is 0 Å². The fourth-order valence-electron chi connectivity index (χ4n) is 2.73. The minimum Gasteiger partial charge on any atom is -0.398 e. The van der Waals surface area contributed by atoms with E-state index in [1.807, 2.05) is 6.07 Å². The highest BCUT2D eigenvalue weighted by Gasteiger charge is 2.66. The average molecular weight is 339 g/mol. The smallest absolute Gasteiger partial charge is 0.194 e. The van der Waals surface area contributed by atoms with Crippen LogP contribution in [-0.2, 0) is 9.16 Å². The van der Waals surface area contributed by atoms with Crippen molar-refractivity contribution in [3.05, 3.63) is 35.9 Å². The molecule has 0 unspecified atom stereocenters. The zero-order chi connectivity index (χ0) is 16.8. The molecule has 2 rings (SSSR count). The predicted molar refractivity (Wildman–Crippen MR) is 98.9 cm³/mol. The minimum atomic E-state index is -1.90. The molecule has 0 aromatic heterocycles. The molecule has 2 nitrogen and oxygen atoms in total. The summed E-state index contributed by atoms with van der Waals surface area (Å²) in [5.41, 5.74) is 0.914. The van der Waals surface area contributed by atoms with Gasteiger partial charge in [0, 0.05) is 0 Å². The van der Waals surface area contributed by atoms with E-state index in [0.717, 1.165) is 0 Å². The molecule has 0 amide bonds. The number of rotatable bonds is 4. The molecular weight excluding hydrogens is 308 g/mol. The van der Waals surface area contributed by atoms with Crippen molar-refractivity contribution in [3.63, 3.8) is 0 Å². The van der Waals surface area contributed by atoms with Crippen LogP contribution in [0.5, 0.6) is 0 Å².